The van der Waals surface area contributed by atoms with Gasteiger partial charge < -0.3 is 10.1 Å². The number of hydrogen-bond acceptors (Lipinski definition) is 3. The Balaban J connectivity index is 1.79. The molecule has 1 N–H and O–H groups in total. The number of nitrogens with one attached hydrogen (secondary N) is 1. The van der Waals surface area contributed by atoms with E-state index in [1.54, 1.807) is 0 Å². The van der Waals surface area contributed by atoms with E-state index in [-0.39, 0.29) is 30.3 Å². The summed E-state index contributed by atoms with van der Waals surface area (Å²) in [6.45, 7) is 8.63. The average molecular weight is 353 g/mol. The standard InChI is InChI=1S/C22H27NO3/c1-16-14-18(22(2,3)4)10-11-19(16)26-21(25)12-13-23-20(24)15-17-8-6-5-7-9-17/h5-11,14H,12-13,15H2,1-4H3,(H,23,24). The summed E-state index contributed by atoms with van der Waals surface area (Å²) in [5.41, 5.74) is 3.13. The van der Waals surface area contributed by atoms with Crippen molar-refractivity contribution in [2.75, 3.05) is 6.54 Å². The number of amides is 1. The molecule has 2 aromatic rings. The van der Waals surface area contributed by atoms with E-state index in [0.29, 0.717) is 12.2 Å². The van der Waals surface area contributed by atoms with Gasteiger partial charge in [-0.15, -0.1) is 0 Å². The Kier molecular flexibility index (Phi) is 6.56. The maximum atomic E-state index is 12.0. The first-order valence-electron chi connectivity index (χ1n) is 8.88. The summed E-state index contributed by atoms with van der Waals surface area (Å²) in [4.78, 5) is 23.9. The lowest BCUT2D eigenvalue weighted by Gasteiger charge is -2.20. The maximum absolute atomic E-state index is 12.0. The van der Waals surface area contributed by atoms with Gasteiger partial charge in [-0.3, -0.25) is 9.59 Å². The molecule has 0 radical (unpaired) electrons. The van der Waals surface area contributed by atoms with E-state index >= 15 is 0 Å². The zero-order valence-corrected chi connectivity index (χ0v) is 16.0. The van der Waals surface area contributed by atoms with Crippen LogP contribution in [0.4, 0.5) is 0 Å². The summed E-state index contributed by atoms with van der Waals surface area (Å²) < 4.78 is 5.42. The molecule has 0 atom stereocenters. The molecule has 0 spiro atoms. The molecule has 0 fully saturated rings. The Labute approximate surface area is 155 Å². The Bertz CT molecular complexity index is 761. The van der Waals surface area contributed by atoms with Crippen LogP contribution in [0.25, 0.3) is 0 Å². The number of benzene rings is 2. The molecule has 0 aliphatic heterocycles. The fourth-order valence-corrected chi connectivity index (χ4v) is 2.55. The zero-order chi connectivity index (χ0) is 19.2. The number of carbonyl (C=O) groups is 2. The van der Waals surface area contributed by atoms with Crippen molar-refractivity contribution in [3.63, 3.8) is 0 Å². The second-order valence-corrected chi connectivity index (χ2v) is 7.47. The van der Waals surface area contributed by atoms with Crippen molar-refractivity contribution < 1.29 is 14.3 Å². The van der Waals surface area contributed by atoms with Crippen LogP contribution in [0.2, 0.25) is 0 Å². The number of esters is 1. The van der Waals surface area contributed by atoms with Crippen molar-refractivity contribution in [3.8, 4) is 5.75 Å². The smallest absolute Gasteiger partial charge is 0.312 e. The van der Waals surface area contributed by atoms with Gasteiger partial charge in [0.25, 0.3) is 0 Å². The molecular formula is C22H27NO3. The second kappa shape index (κ2) is 8.65. The van der Waals surface area contributed by atoms with E-state index < -0.39 is 0 Å². The summed E-state index contributed by atoms with van der Waals surface area (Å²) in [6, 6.07) is 15.4. The van der Waals surface area contributed by atoms with Crippen LogP contribution in [0.15, 0.2) is 48.5 Å². The molecular weight excluding hydrogens is 326 g/mol. The molecule has 0 aliphatic carbocycles. The van der Waals surface area contributed by atoms with Crippen LogP contribution in [0.3, 0.4) is 0 Å². The first-order valence-corrected chi connectivity index (χ1v) is 8.88. The van der Waals surface area contributed by atoms with Gasteiger partial charge in [0.1, 0.15) is 5.75 Å². The minimum absolute atomic E-state index is 0.0519. The molecule has 26 heavy (non-hydrogen) atoms. The van der Waals surface area contributed by atoms with Crippen molar-refractivity contribution in [1.29, 1.82) is 0 Å². The average Bonchev–Trinajstić information content (AvgIpc) is 2.56. The third-order valence-corrected chi connectivity index (χ3v) is 4.12. The lowest BCUT2D eigenvalue weighted by atomic mass is 9.86. The van der Waals surface area contributed by atoms with Crippen LogP contribution in [0.1, 0.15) is 43.9 Å². The van der Waals surface area contributed by atoms with Gasteiger partial charge in [-0.25, -0.2) is 0 Å². The number of carbonyl (C=O) groups excluding carboxylic acids is 2. The second-order valence-electron chi connectivity index (χ2n) is 7.47. The zero-order valence-electron chi connectivity index (χ0n) is 16.0. The van der Waals surface area contributed by atoms with Crippen LogP contribution in [-0.2, 0) is 21.4 Å². The van der Waals surface area contributed by atoms with Crippen molar-refractivity contribution in [2.24, 2.45) is 0 Å². The minimum Gasteiger partial charge on any atom is -0.426 e. The molecule has 4 heteroatoms. The van der Waals surface area contributed by atoms with E-state index in [2.05, 4.69) is 26.1 Å². The molecule has 2 aromatic carbocycles. The number of hydrogen-bond donors (Lipinski definition) is 1. The molecule has 1 amide bonds. The Morgan fingerprint density at radius 3 is 2.35 bits per heavy atom. The maximum Gasteiger partial charge on any atom is 0.312 e. The van der Waals surface area contributed by atoms with Gasteiger partial charge in [0.2, 0.25) is 5.91 Å². The van der Waals surface area contributed by atoms with E-state index in [0.717, 1.165) is 11.1 Å². The van der Waals surface area contributed by atoms with Gasteiger partial charge in [-0.05, 0) is 35.1 Å². The molecule has 0 aromatic heterocycles. The van der Waals surface area contributed by atoms with Crippen LogP contribution >= 0.6 is 0 Å². The molecule has 0 heterocycles. The number of rotatable bonds is 6. The highest BCUT2D eigenvalue weighted by atomic mass is 16.5. The monoisotopic (exact) mass is 353 g/mol. The van der Waals surface area contributed by atoms with Gasteiger partial charge in [0, 0.05) is 6.54 Å². The van der Waals surface area contributed by atoms with Gasteiger partial charge in [0.15, 0.2) is 0 Å². The summed E-state index contributed by atoms with van der Waals surface area (Å²) in [5.74, 6) is 0.116. The molecule has 0 aliphatic rings. The van der Waals surface area contributed by atoms with Crippen molar-refractivity contribution in [3.05, 3.63) is 65.2 Å². The van der Waals surface area contributed by atoms with E-state index in [4.69, 9.17) is 4.74 Å². The van der Waals surface area contributed by atoms with Gasteiger partial charge in [0.05, 0.1) is 12.8 Å². The summed E-state index contributed by atoms with van der Waals surface area (Å²) >= 11 is 0. The van der Waals surface area contributed by atoms with E-state index in [1.807, 2.05) is 55.5 Å². The Morgan fingerprint density at radius 2 is 1.73 bits per heavy atom. The van der Waals surface area contributed by atoms with Crippen molar-refractivity contribution >= 4 is 11.9 Å². The first kappa shape index (κ1) is 19.7. The molecule has 0 saturated heterocycles. The van der Waals surface area contributed by atoms with Crippen molar-refractivity contribution in [2.45, 2.75) is 46.0 Å². The van der Waals surface area contributed by atoms with Crippen LogP contribution < -0.4 is 10.1 Å². The van der Waals surface area contributed by atoms with Gasteiger partial charge in [-0.1, -0.05) is 63.2 Å². The lowest BCUT2D eigenvalue weighted by Crippen LogP contribution is -2.28. The number of ether oxygens (including phenoxy) is 1. The normalized spacial score (nSPS) is 11.1. The highest BCUT2D eigenvalue weighted by Crippen LogP contribution is 2.27. The largest absolute Gasteiger partial charge is 0.426 e. The van der Waals surface area contributed by atoms with Crippen LogP contribution in [0.5, 0.6) is 5.75 Å². The van der Waals surface area contributed by atoms with Gasteiger partial charge in [-0.2, -0.15) is 0 Å². The molecule has 0 saturated carbocycles. The van der Waals surface area contributed by atoms with E-state index in [1.165, 1.54) is 5.56 Å². The summed E-state index contributed by atoms with van der Waals surface area (Å²) in [5, 5.41) is 2.75. The predicted octanol–water partition coefficient (Wildman–Crippen LogP) is 3.95. The first-order chi connectivity index (χ1) is 12.3. The number of aryl methyl sites for hydroxylation is 1. The third-order valence-electron chi connectivity index (χ3n) is 4.12. The molecule has 2 rings (SSSR count). The highest BCUT2D eigenvalue weighted by molar-refractivity contribution is 5.79. The quantitative estimate of drug-likeness (QED) is 0.632. The summed E-state index contributed by atoms with van der Waals surface area (Å²) in [6.07, 6.45) is 0.449. The van der Waals surface area contributed by atoms with Gasteiger partial charge >= 0.3 is 5.97 Å². The fourth-order valence-electron chi connectivity index (χ4n) is 2.55. The van der Waals surface area contributed by atoms with Crippen molar-refractivity contribution in [1.82, 2.24) is 5.32 Å². The molecule has 0 unspecified atom stereocenters. The lowest BCUT2D eigenvalue weighted by molar-refractivity contribution is -0.134. The van der Waals surface area contributed by atoms with E-state index in [9.17, 15) is 9.59 Å². The third kappa shape index (κ3) is 6.03. The molecule has 0 bridgehead atoms. The fraction of sp³-hybridized carbons (Fsp3) is 0.364. The van der Waals surface area contributed by atoms with Crippen LogP contribution in [0, 0.1) is 6.92 Å². The minimum atomic E-state index is -0.350. The summed E-state index contributed by atoms with van der Waals surface area (Å²) in [7, 11) is 0. The molecule has 4 nitrogen and oxygen atoms in total. The Hall–Kier alpha value is -2.62. The van der Waals surface area contributed by atoms with Crippen LogP contribution in [-0.4, -0.2) is 18.4 Å². The molecule has 138 valence electrons. The predicted molar refractivity (Wildman–Crippen MR) is 103 cm³/mol. The topological polar surface area (TPSA) is 55.4 Å². The SMILES string of the molecule is Cc1cc(C(C)(C)C)ccc1OC(=O)CCNC(=O)Cc1ccccc1. The Morgan fingerprint density at radius 1 is 1.04 bits per heavy atom. The highest BCUT2D eigenvalue weighted by Gasteiger charge is 2.16.